The van der Waals surface area contributed by atoms with E-state index >= 15 is 0 Å². The van der Waals surface area contributed by atoms with Gasteiger partial charge in [-0.2, -0.15) is 10.4 Å². The van der Waals surface area contributed by atoms with Crippen molar-refractivity contribution >= 4 is 5.78 Å². The number of carbonyl (C=O) groups excluding carboxylic acids is 1. The Labute approximate surface area is 154 Å². The number of benzene rings is 1. The van der Waals surface area contributed by atoms with Crippen molar-refractivity contribution in [3.8, 4) is 17.3 Å². The van der Waals surface area contributed by atoms with Crippen LogP contribution in [0.5, 0.6) is 0 Å². The van der Waals surface area contributed by atoms with Crippen molar-refractivity contribution in [3.63, 3.8) is 0 Å². The van der Waals surface area contributed by atoms with E-state index in [4.69, 9.17) is 5.10 Å². The number of allylic oxidation sites excluding steroid dienone is 2. The van der Waals surface area contributed by atoms with Gasteiger partial charge in [0.15, 0.2) is 5.78 Å². The smallest absolute Gasteiger partial charge is 0.176 e. The second-order valence-corrected chi connectivity index (χ2v) is 7.92. The molecule has 0 aliphatic heterocycles. The molecule has 4 heteroatoms. The largest absolute Gasteiger partial charge is 0.293 e. The van der Waals surface area contributed by atoms with Crippen molar-refractivity contribution in [1.29, 1.82) is 5.26 Å². The second-order valence-electron chi connectivity index (χ2n) is 7.92. The van der Waals surface area contributed by atoms with Crippen LogP contribution in [0.3, 0.4) is 0 Å². The predicted octanol–water partition coefficient (Wildman–Crippen LogP) is 3.88. The summed E-state index contributed by atoms with van der Waals surface area (Å²) >= 11 is 0. The number of aromatic nitrogens is 2. The first-order valence-corrected chi connectivity index (χ1v) is 9.17. The Morgan fingerprint density at radius 2 is 2.15 bits per heavy atom. The lowest BCUT2D eigenvalue weighted by molar-refractivity contribution is -0.121. The van der Waals surface area contributed by atoms with E-state index in [1.54, 1.807) is 0 Å². The molecule has 4 rings (SSSR count). The van der Waals surface area contributed by atoms with E-state index in [9.17, 15) is 10.1 Å². The van der Waals surface area contributed by atoms with Crippen LogP contribution >= 0.6 is 0 Å². The van der Waals surface area contributed by atoms with Gasteiger partial charge in [-0.3, -0.25) is 9.48 Å². The monoisotopic (exact) mass is 345 g/mol. The number of Topliss-reactive ketones (excluding diaryl/α,β-unsaturated/α-hetero) is 1. The maximum Gasteiger partial charge on any atom is 0.176 e. The molecule has 26 heavy (non-hydrogen) atoms. The minimum Gasteiger partial charge on any atom is -0.293 e. The molecule has 0 bridgehead atoms. The number of ketones is 1. The first-order chi connectivity index (χ1) is 12.4. The summed E-state index contributed by atoms with van der Waals surface area (Å²) in [5.41, 5.74) is 5.75. The van der Waals surface area contributed by atoms with Crippen LogP contribution < -0.4 is 0 Å². The van der Waals surface area contributed by atoms with E-state index in [-0.39, 0.29) is 28.6 Å². The van der Waals surface area contributed by atoms with E-state index in [0.29, 0.717) is 0 Å². The zero-order valence-corrected chi connectivity index (χ0v) is 15.7. The lowest BCUT2D eigenvalue weighted by atomic mass is 9.58. The molecule has 0 saturated heterocycles. The van der Waals surface area contributed by atoms with Crippen LogP contribution in [0.25, 0.3) is 11.3 Å². The molecule has 2 aromatic rings. The molecule has 0 spiro atoms. The van der Waals surface area contributed by atoms with Crippen LogP contribution in [-0.4, -0.2) is 15.6 Å². The number of fused-ring (bicyclic) bond motifs is 3. The first-order valence-electron chi connectivity index (χ1n) is 9.17. The molecule has 132 valence electrons. The minimum atomic E-state index is -0.369. The zero-order chi connectivity index (χ0) is 18.6. The van der Waals surface area contributed by atoms with Crippen LogP contribution in [-0.2, 0) is 23.7 Å². The standard InChI is InChI=1S/C22H23N3O/c1-13-6-5-7-15(10-13)19-17-8-9-18-14(2)20(26)16(12-23)11-22(18,3)21(17)24-25(19)4/h5-7,10-11,14,18H,8-9H2,1-4H3/t14-,18-,22-/m0/s1. The van der Waals surface area contributed by atoms with Gasteiger partial charge < -0.3 is 0 Å². The molecule has 0 radical (unpaired) electrons. The fraction of sp³-hybridized carbons (Fsp3) is 0.409. The number of carbonyl (C=O) groups is 1. The van der Waals surface area contributed by atoms with Crippen LogP contribution in [0.15, 0.2) is 35.9 Å². The summed E-state index contributed by atoms with van der Waals surface area (Å²) in [6, 6.07) is 10.6. The Kier molecular flexibility index (Phi) is 3.66. The highest BCUT2D eigenvalue weighted by Crippen LogP contribution is 2.50. The van der Waals surface area contributed by atoms with Gasteiger partial charge in [0.1, 0.15) is 6.07 Å². The van der Waals surface area contributed by atoms with Crippen molar-refractivity contribution < 1.29 is 4.79 Å². The zero-order valence-electron chi connectivity index (χ0n) is 15.7. The van der Waals surface area contributed by atoms with Crippen LogP contribution in [0.1, 0.15) is 37.1 Å². The van der Waals surface area contributed by atoms with Gasteiger partial charge in [-0.25, -0.2) is 0 Å². The molecule has 1 aromatic heterocycles. The van der Waals surface area contributed by atoms with Crippen molar-refractivity contribution in [3.05, 3.63) is 52.7 Å². The van der Waals surface area contributed by atoms with Gasteiger partial charge in [0.2, 0.25) is 0 Å². The Bertz CT molecular complexity index is 991. The first kappa shape index (κ1) is 16.8. The average molecular weight is 345 g/mol. The maximum absolute atomic E-state index is 12.5. The molecule has 1 heterocycles. The van der Waals surface area contributed by atoms with Gasteiger partial charge in [-0.1, -0.05) is 43.7 Å². The lowest BCUT2D eigenvalue weighted by Crippen LogP contribution is -2.45. The van der Waals surface area contributed by atoms with E-state index in [2.05, 4.69) is 44.2 Å². The molecule has 0 saturated carbocycles. The molecule has 4 nitrogen and oxygen atoms in total. The number of hydrogen-bond acceptors (Lipinski definition) is 3. The third-order valence-electron chi connectivity index (χ3n) is 6.27. The van der Waals surface area contributed by atoms with Crippen molar-refractivity contribution in [2.75, 3.05) is 0 Å². The summed E-state index contributed by atoms with van der Waals surface area (Å²) < 4.78 is 1.97. The Morgan fingerprint density at radius 3 is 2.85 bits per heavy atom. The van der Waals surface area contributed by atoms with Gasteiger partial charge >= 0.3 is 0 Å². The molecule has 3 atom stereocenters. The van der Waals surface area contributed by atoms with E-state index < -0.39 is 0 Å². The molecule has 2 aliphatic carbocycles. The summed E-state index contributed by atoms with van der Waals surface area (Å²) in [5.74, 6) is 0.0327. The van der Waals surface area contributed by atoms with Crippen molar-refractivity contribution in [2.24, 2.45) is 18.9 Å². The molecular formula is C22H23N3O. The number of aryl methyl sites for hydroxylation is 2. The number of nitrogens with zero attached hydrogens (tertiary/aromatic N) is 3. The third kappa shape index (κ3) is 2.20. The van der Waals surface area contributed by atoms with E-state index in [1.165, 1.54) is 16.7 Å². The molecule has 0 fully saturated rings. The van der Waals surface area contributed by atoms with Crippen LogP contribution in [0.2, 0.25) is 0 Å². The third-order valence-corrected chi connectivity index (χ3v) is 6.27. The summed E-state index contributed by atoms with van der Waals surface area (Å²) in [4.78, 5) is 12.5. The normalized spacial score (nSPS) is 27.3. The molecule has 0 N–H and O–H groups in total. The Hall–Kier alpha value is -2.67. The van der Waals surface area contributed by atoms with Crippen LogP contribution in [0, 0.1) is 30.1 Å². The summed E-state index contributed by atoms with van der Waals surface area (Å²) in [7, 11) is 1.99. The fourth-order valence-electron chi connectivity index (χ4n) is 5.00. The molecular weight excluding hydrogens is 322 g/mol. The number of nitriles is 1. The maximum atomic E-state index is 12.5. The van der Waals surface area contributed by atoms with Gasteiger partial charge in [0.25, 0.3) is 0 Å². The Balaban J connectivity index is 1.94. The van der Waals surface area contributed by atoms with Crippen molar-refractivity contribution in [2.45, 2.75) is 39.0 Å². The highest BCUT2D eigenvalue weighted by atomic mass is 16.1. The number of hydrogen-bond donors (Lipinski definition) is 0. The molecule has 0 unspecified atom stereocenters. The number of rotatable bonds is 1. The van der Waals surface area contributed by atoms with Gasteiger partial charge in [-0.15, -0.1) is 0 Å². The Morgan fingerprint density at radius 1 is 1.38 bits per heavy atom. The molecule has 2 aliphatic rings. The summed E-state index contributed by atoms with van der Waals surface area (Å²) in [5, 5.41) is 14.3. The van der Waals surface area contributed by atoms with Gasteiger partial charge in [-0.05, 0) is 31.7 Å². The van der Waals surface area contributed by atoms with Gasteiger partial charge in [0.05, 0.1) is 17.0 Å². The molecule has 1 aromatic carbocycles. The topological polar surface area (TPSA) is 58.7 Å². The average Bonchev–Trinajstić information content (AvgIpc) is 2.95. The highest BCUT2D eigenvalue weighted by molar-refractivity contribution is 6.02. The predicted molar refractivity (Wildman–Crippen MR) is 100 cm³/mol. The SMILES string of the molecule is Cc1cccc(-c2c3c(nn2C)[C@@]2(C)C=C(C#N)C(=O)[C@@H](C)[C@@H]2CC3)c1. The highest BCUT2D eigenvalue weighted by Gasteiger charge is 2.50. The van der Waals surface area contributed by atoms with E-state index in [1.807, 2.05) is 24.7 Å². The molecule has 0 amide bonds. The fourth-order valence-corrected chi connectivity index (χ4v) is 5.00. The summed E-state index contributed by atoms with van der Waals surface area (Å²) in [6.45, 7) is 6.20. The lowest BCUT2D eigenvalue weighted by Gasteiger charge is -2.44. The van der Waals surface area contributed by atoms with Crippen molar-refractivity contribution in [1.82, 2.24) is 9.78 Å². The summed E-state index contributed by atoms with van der Waals surface area (Å²) in [6.07, 6.45) is 3.74. The second kappa shape index (κ2) is 5.67. The minimum absolute atomic E-state index is 0.0201. The van der Waals surface area contributed by atoms with E-state index in [0.717, 1.165) is 24.2 Å². The van der Waals surface area contributed by atoms with Gasteiger partial charge in [0, 0.05) is 29.5 Å². The van der Waals surface area contributed by atoms with Crippen LogP contribution in [0.4, 0.5) is 0 Å². The quantitative estimate of drug-likeness (QED) is 0.788.